The average Bonchev–Trinajstić information content (AvgIpc) is 3.93. The summed E-state index contributed by atoms with van der Waals surface area (Å²) in [6, 6.07) is 80.9. The quantitative estimate of drug-likeness (QED) is 0.127. The molecule has 0 saturated carbocycles. The molecule has 0 aliphatic heterocycles. The van der Waals surface area contributed by atoms with Gasteiger partial charge in [-0.15, -0.1) is 0 Å². The Kier molecular flexibility index (Phi) is 7.77. The van der Waals surface area contributed by atoms with Crippen LogP contribution in [0.1, 0.15) is 0 Å². The third kappa shape index (κ3) is 5.19. The van der Waals surface area contributed by atoms with Crippen LogP contribution in [-0.4, -0.2) is 14.5 Å². The van der Waals surface area contributed by atoms with Crippen molar-refractivity contribution in [1.29, 1.82) is 0 Å². The number of rotatable bonds is 4. The number of hydrogen-bond donors (Lipinski definition) is 0. The van der Waals surface area contributed by atoms with E-state index in [-0.39, 0.29) is 14.5 Å². The van der Waals surface area contributed by atoms with Crippen molar-refractivity contribution in [2.75, 3.05) is 0 Å². The third-order valence-electron chi connectivity index (χ3n) is 13.6. The number of fused-ring (bicyclic) bond motifs is 12. The molecule has 0 bridgehead atoms. The fourth-order valence-corrected chi connectivity index (χ4v) is 13.5. The summed E-state index contributed by atoms with van der Waals surface area (Å²) in [5.74, 6) is 0. The Hall–Kier alpha value is -7.74. The van der Waals surface area contributed by atoms with Crippen LogP contribution in [0.4, 0.5) is 0 Å². The van der Waals surface area contributed by atoms with Crippen molar-refractivity contribution in [1.82, 2.24) is 0 Å². The van der Waals surface area contributed by atoms with E-state index in [2.05, 4.69) is 218 Å². The molecule has 0 spiro atoms. The van der Waals surface area contributed by atoms with Crippen molar-refractivity contribution in [2.45, 2.75) is 0 Å². The van der Waals surface area contributed by atoms with Gasteiger partial charge in [-0.05, 0) is 5.39 Å². The van der Waals surface area contributed by atoms with Crippen LogP contribution in [0.25, 0.3) is 140 Å². The Morgan fingerprint density at radius 2 is 0.766 bits per heavy atom. The van der Waals surface area contributed by atoms with Gasteiger partial charge < -0.3 is 0 Å². The molecule has 0 unspecified atom stereocenters. The van der Waals surface area contributed by atoms with Gasteiger partial charge >= 0.3 is 336 Å². The van der Waals surface area contributed by atoms with E-state index < -0.39 is 0 Å². The normalized spacial score (nSPS) is 12.1. The Balaban J connectivity index is 0.977. The maximum atomic E-state index is 6.56. The van der Waals surface area contributed by atoms with Gasteiger partial charge in [0.15, 0.2) is 0 Å². The predicted octanol–water partition coefficient (Wildman–Crippen LogP) is 17.4. The summed E-state index contributed by atoms with van der Waals surface area (Å²) >= 11 is 0.0945. The maximum absolute atomic E-state index is 6.56. The van der Waals surface area contributed by atoms with Crippen molar-refractivity contribution in [3.8, 4) is 44.5 Å². The molecule has 0 saturated heterocycles. The molecular formula is C62H36OSe. The number of furan rings is 1. The summed E-state index contributed by atoms with van der Waals surface area (Å²) in [7, 11) is 0. The SMILES string of the molecule is c1ccc(-c2c3ccccc3c(-c3cccc4c3[se]c3cc(-c5c6ccccc6c(-c6ccc7oc8c9ccccc9ccc8c7c6)c6ccccc56)ccc34)c3ccccc23)cc1. The molecule has 14 aromatic rings. The van der Waals surface area contributed by atoms with Crippen molar-refractivity contribution >= 4 is 110 Å². The second-order valence-corrected chi connectivity index (χ2v) is 19.2. The standard InChI is InChI=1S/C62H36OSe/c1-2-16-38(17-3-1)57-47-23-10-12-25-49(47)60(50-26-13-11-24-48(50)57)53-28-14-27-52-42-32-30-40(36-56(42)64-62(52)53)59-45-21-8-6-19-43(45)58(44-20-7-9-22-46(44)59)39-31-34-55-54(35-39)51-33-29-37-15-4-5-18-41(37)61(51)63-55/h1-36H. The van der Waals surface area contributed by atoms with E-state index in [0.717, 1.165) is 27.3 Å². The van der Waals surface area contributed by atoms with E-state index in [1.807, 2.05) is 0 Å². The Morgan fingerprint density at radius 3 is 1.39 bits per heavy atom. The van der Waals surface area contributed by atoms with Gasteiger partial charge in [-0.2, -0.15) is 0 Å². The topological polar surface area (TPSA) is 13.1 Å². The van der Waals surface area contributed by atoms with Gasteiger partial charge in [0.2, 0.25) is 0 Å². The summed E-state index contributed by atoms with van der Waals surface area (Å²) in [6.45, 7) is 0. The zero-order valence-corrected chi connectivity index (χ0v) is 36.3. The molecule has 1 nitrogen and oxygen atoms in total. The van der Waals surface area contributed by atoms with Crippen molar-refractivity contribution in [2.24, 2.45) is 0 Å². The molecule has 0 N–H and O–H groups in total. The second kappa shape index (κ2) is 13.9. The monoisotopic (exact) mass is 876 g/mol. The van der Waals surface area contributed by atoms with Gasteiger partial charge in [-0.25, -0.2) is 0 Å². The molecule has 12 aromatic carbocycles. The van der Waals surface area contributed by atoms with Crippen LogP contribution >= 0.6 is 0 Å². The molecule has 2 heteroatoms. The Morgan fingerprint density at radius 1 is 0.281 bits per heavy atom. The molecule has 0 atom stereocenters. The van der Waals surface area contributed by atoms with Gasteiger partial charge in [0.1, 0.15) is 0 Å². The molecule has 0 amide bonds. The van der Waals surface area contributed by atoms with E-state index in [1.165, 1.54) is 112 Å². The van der Waals surface area contributed by atoms with E-state index in [0.29, 0.717) is 0 Å². The van der Waals surface area contributed by atoms with Gasteiger partial charge in [-0.1, -0.05) is 30.3 Å². The summed E-state index contributed by atoms with van der Waals surface area (Å²) in [4.78, 5) is 0. The zero-order valence-electron chi connectivity index (χ0n) is 34.6. The summed E-state index contributed by atoms with van der Waals surface area (Å²) in [5.41, 5.74) is 12.1. The van der Waals surface area contributed by atoms with Crippen LogP contribution in [0.5, 0.6) is 0 Å². The summed E-state index contributed by atoms with van der Waals surface area (Å²) in [6.07, 6.45) is 0. The minimum atomic E-state index is 0.0945. The Bertz CT molecular complexity index is 4130. The van der Waals surface area contributed by atoms with Gasteiger partial charge in [0.05, 0.1) is 0 Å². The first kappa shape index (κ1) is 35.8. The van der Waals surface area contributed by atoms with E-state index in [1.54, 1.807) is 0 Å². The first-order valence-corrected chi connectivity index (χ1v) is 23.7. The molecule has 2 aromatic heterocycles. The molecule has 64 heavy (non-hydrogen) atoms. The molecule has 0 aliphatic rings. The van der Waals surface area contributed by atoms with E-state index in [9.17, 15) is 0 Å². The van der Waals surface area contributed by atoms with E-state index >= 15 is 0 Å². The van der Waals surface area contributed by atoms with Crippen LogP contribution in [0.15, 0.2) is 223 Å². The summed E-state index contributed by atoms with van der Waals surface area (Å²) < 4.78 is 9.46. The van der Waals surface area contributed by atoms with Gasteiger partial charge in [-0.3, -0.25) is 0 Å². The van der Waals surface area contributed by atoms with E-state index in [4.69, 9.17) is 4.42 Å². The van der Waals surface area contributed by atoms with Crippen molar-refractivity contribution in [3.05, 3.63) is 218 Å². The molecule has 14 rings (SSSR count). The second-order valence-electron chi connectivity index (χ2n) is 17.0. The fourth-order valence-electron chi connectivity index (χ4n) is 10.9. The number of benzene rings is 12. The first-order chi connectivity index (χ1) is 31.8. The fraction of sp³-hybridized carbons (Fsp3) is 0. The van der Waals surface area contributed by atoms with Crippen LogP contribution < -0.4 is 0 Å². The Labute approximate surface area is 374 Å². The van der Waals surface area contributed by atoms with Crippen molar-refractivity contribution in [3.63, 3.8) is 0 Å². The van der Waals surface area contributed by atoms with Crippen LogP contribution in [-0.2, 0) is 0 Å². The van der Waals surface area contributed by atoms with Crippen LogP contribution in [0, 0.1) is 0 Å². The minimum absolute atomic E-state index is 0.0945. The van der Waals surface area contributed by atoms with Crippen molar-refractivity contribution < 1.29 is 4.42 Å². The molecule has 0 fully saturated rings. The molecule has 0 radical (unpaired) electrons. The van der Waals surface area contributed by atoms with Gasteiger partial charge in [0.25, 0.3) is 0 Å². The van der Waals surface area contributed by atoms with Crippen LogP contribution in [0.2, 0.25) is 0 Å². The molecule has 296 valence electrons. The molecule has 2 heterocycles. The van der Waals surface area contributed by atoms with Crippen LogP contribution in [0.3, 0.4) is 0 Å². The first-order valence-electron chi connectivity index (χ1n) is 22.0. The molecular weight excluding hydrogens is 840 g/mol. The third-order valence-corrected chi connectivity index (χ3v) is 16.2. The summed E-state index contributed by atoms with van der Waals surface area (Å²) in [5, 5.41) is 17.6. The zero-order chi connectivity index (χ0) is 41.9. The van der Waals surface area contributed by atoms with Gasteiger partial charge in [0, 0.05) is 5.39 Å². The average molecular weight is 876 g/mol. The number of hydrogen-bond acceptors (Lipinski definition) is 1. The molecule has 0 aliphatic carbocycles. The predicted molar refractivity (Wildman–Crippen MR) is 275 cm³/mol.